The van der Waals surface area contributed by atoms with Gasteiger partial charge in [-0.1, -0.05) is 0 Å². The Bertz CT molecular complexity index is 276. The zero-order chi connectivity index (χ0) is 10.8. The minimum atomic E-state index is -3.44. The molecular formula is C6H15N3O3S2. The smallest absolute Gasteiger partial charge is 0.279 e. The minimum Gasteiger partial charge on any atom is -0.390 e. The van der Waals surface area contributed by atoms with Gasteiger partial charge in [0.05, 0.1) is 6.10 Å². The second kappa shape index (κ2) is 4.77. The van der Waals surface area contributed by atoms with Gasteiger partial charge in [0, 0.05) is 31.4 Å². The van der Waals surface area contributed by atoms with Crippen LogP contribution in [0.4, 0.5) is 0 Å². The fraction of sp³-hybridized carbons (Fsp3) is 1.00. The maximum Gasteiger partial charge on any atom is 0.279 e. The molecule has 14 heavy (non-hydrogen) atoms. The van der Waals surface area contributed by atoms with E-state index in [2.05, 4.69) is 17.4 Å². The predicted molar refractivity (Wildman–Crippen MR) is 56.3 cm³/mol. The highest BCUT2D eigenvalue weighted by atomic mass is 32.2. The first kappa shape index (κ1) is 12.2. The zero-order valence-electron chi connectivity index (χ0n) is 7.63. The van der Waals surface area contributed by atoms with Gasteiger partial charge in [-0.05, 0) is 0 Å². The van der Waals surface area contributed by atoms with Crippen molar-refractivity contribution in [3.63, 3.8) is 0 Å². The Balaban J connectivity index is 2.35. The van der Waals surface area contributed by atoms with E-state index in [0.29, 0.717) is 13.1 Å². The molecule has 0 saturated carbocycles. The Morgan fingerprint density at radius 1 is 1.64 bits per heavy atom. The lowest BCUT2D eigenvalue weighted by Crippen LogP contribution is -2.55. The number of aliphatic hydroxyl groups is 1. The Morgan fingerprint density at radius 3 is 2.64 bits per heavy atom. The van der Waals surface area contributed by atoms with Gasteiger partial charge >= 0.3 is 0 Å². The van der Waals surface area contributed by atoms with Gasteiger partial charge in [0.2, 0.25) is 0 Å². The molecule has 4 N–H and O–H groups in total. The van der Waals surface area contributed by atoms with Gasteiger partial charge in [0.15, 0.2) is 0 Å². The van der Waals surface area contributed by atoms with Gasteiger partial charge in [-0.15, -0.1) is 0 Å². The van der Waals surface area contributed by atoms with Crippen molar-refractivity contribution >= 4 is 22.8 Å². The first-order valence-corrected chi connectivity index (χ1v) is 6.22. The number of nitrogens with two attached hydrogens (primary N) is 1. The van der Waals surface area contributed by atoms with Crippen molar-refractivity contribution in [3.05, 3.63) is 0 Å². The molecule has 0 aromatic heterocycles. The molecule has 0 aromatic carbocycles. The van der Waals surface area contributed by atoms with Crippen LogP contribution in [0.25, 0.3) is 0 Å². The molecule has 0 aromatic rings. The quantitative estimate of drug-likeness (QED) is 0.409. The molecule has 1 fully saturated rings. The first-order chi connectivity index (χ1) is 6.45. The lowest BCUT2D eigenvalue weighted by atomic mass is 10.3. The van der Waals surface area contributed by atoms with Crippen LogP contribution in [-0.2, 0) is 10.2 Å². The molecule has 0 amide bonds. The minimum absolute atomic E-state index is 0.0394. The molecule has 0 bridgehead atoms. The molecule has 1 atom stereocenters. The van der Waals surface area contributed by atoms with E-state index < -0.39 is 16.3 Å². The van der Waals surface area contributed by atoms with Gasteiger partial charge < -0.3 is 10.8 Å². The predicted octanol–water partition coefficient (Wildman–Crippen LogP) is -2.25. The largest absolute Gasteiger partial charge is 0.390 e. The Labute approximate surface area is 89.1 Å². The van der Waals surface area contributed by atoms with Crippen molar-refractivity contribution in [2.45, 2.75) is 11.4 Å². The molecular weight excluding hydrogens is 226 g/mol. The van der Waals surface area contributed by atoms with E-state index in [0.717, 1.165) is 0 Å². The van der Waals surface area contributed by atoms with Crippen LogP contribution in [0.15, 0.2) is 0 Å². The van der Waals surface area contributed by atoms with Gasteiger partial charge in [-0.3, -0.25) is 0 Å². The molecule has 6 nitrogen and oxygen atoms in total. The van der Waals surface area contributed by atoms with E-state index in [-0.39, 0.29) is 18.3 Å². The normalized spacial score (nSPS) is 21.9. The zero-order valence-corrected chi connectivity index (χ0v) is 9.34. The Morgan fingerprint density at radius 2 is 2.21 bits per heavy atom. The average Bonchev–Trinajstić information content (AvgIpc) is 2.09. The Kier molecular flexibility index (Phi) is 4.16. The van der Waals surface area contributed by atoms with Crippen LogP contribution < -0.4 is 10.5 Å². The van der Waals surface area contributed by atoms with Crippen molar-refractivity contribution in [2.24, 2.45) is 5.73 Å². The van der Waals surface area contributed by atoms with Crippen LogP contribution >= 0.6 is 12.6 Å². The molecule has 1 unspecified atom stereocenters. The summed E-state index contributed by atoms with van der Waals surface area (Å²) in [5, 5.41) is 9.18. The van der Waals surface area contributed by atoms with Crippen LogP contribution in [0, 0.1) is 0 Å². The molecule has 0 radical (unpaired) electrons. The molecule has 1 aliphatic rings. The standard InChI is InChI=1S/C6H15N3O3S2/c7-1-5(10)2-8-14(11,12)9-3-6(13)4-9/h5-6,8,10,13H,1-4,7H2. The van der Waals surface area contributed by atoms with Crippen LogP contribution in [0.2, 0.25) is 0 Å². The van der Waals surface area contributed by atoms with Crippen LogP contribution in [0.5, 0.6) is 0 Å². The molecule has 8 heteroatoms. The highest BCUT2D eigenvalue weighted by Crippen LogP contribution is 2.16. The number of nitrogens with zero attached hydrogens (tertiary/aromatic N) is 1. The molecule has 84 valence electrons. The fourth-order valence-electron chi connectivity index (χ4n) is 0.989. The summed E-state index contributed by atoms with van der Waals surface area (Å²) in [4.78, 5) is 0. The SMILES string of the molecule is NCC(O)CNS(=O)(=O)N1CC(S)C1. The number of hydrogen-bond acceptors (Lipinski definition) is 5. The van der Waals surface area contributed by atoms with Crippen LogP contribution in [0.1, 0.15) is 0 Å². The lowest BCUT2D eigenvalue weighted by molar-refractivity contribution is 0.185. The number of aliphatic hydroxyl groups excluding tert-OH is 1. The maximum atomic E-state index is 11.4. The molecule has 1 rings (SSSR count). The van der Waals surface area contributed by atoms with E-state index in [1.165, 1.54) is 4.31 Å². The molecule has 0 aliphatic carbocycles. The van der Waals surface area contributed by atoms with Crippen molar-refractivity contribution in [2.75, 3.05) is 26.2 Å². The Hall–Kier alpha value is 0.140. The van der Waals surface area contributed by atoms with Crippen molar-refractivity contribution in [1.29, 1.82) is 0 Å². The maximum absolute atomic E-state index is 11.4. The van der Waals surface area contributed by atoms with Gasteiger partial charge in [0.1, 0.15) is 0 Å². The van der Waals surface area contributed by atoms with Gasteiger partial charge in [-0.2, -0.15) is 30.1 Å². The van der Waals surface area contributed by atoms with E-state index in [9.17, 15) is 8.42 Å². The molecule has 1 aliphatic heterocycles. The van der Waals surface area contributed by atoms with E-state index >= 15 is 0 Å². The number of rotatable bonds is 5. The topological polar surface area (TPSA) is 95.7 Å². The number of hydrogen-bond donors (Lipinski definition) is 4. The van der Waals surface area contributed by atoms with Crippen molar-refractivity contribution < 1.29 is 13.5 Å². The van der Waals surface area contributed by atoms with E-state index in [1.807, 2.05) is 0 Å². The molecule has 1 saturated heterocycles. The highest BCUT2D eigenvalue weighted by molar-refractivity contribution is 7.87. The summed E-state index contributed by atoms with van der Waals surface area (Å²) in [6, 6.07) is 0. The monoisotopic (exact) mass is 241 g/mol. The fourth-order valence-corrected chi connectivity index (χ4v) is 2.94. The third-order valence-corrected chi connectivity index (χ3v) is 3.78. The summed E-state index contributed by atoms with van der Waals surface area (Å²) >= 11 is 4.10. The average molecular weight is 241 g/mol. The van der Waals surface area contributed by atoms with Crippen molar-refractivity contribution in [3.8, 4) is 0 Å². The van der Waals surface area contributed by atoms with Crippen molar-refractivity contribution in [1.82, 2.24) is 9.03 Å². The van der Waals surface area contributed by atoms with E-state index in [1.54, 1.807) is 0 Å². The second-order valence-corrected chi connectivity index (χ2v) is 5.70. The van der Waals surface area contributed by atoms with E-state index in [4.69, 9.17) is 10.8 Å². The third-order valence-electron chi connectivity index (χ3n) is 1.94. The lowest BCUT2D eigenvalue weighted by Gasteiger charge is -2.35. The third kappa shape index (κ3) is 3.07. The number of nitrogens with one attached hydrogen (secondary N) is 1. The van der Waals surface area contributed by atoms with Crippen LogP contribution in [0.3, 0.4) is 0 Å². The molecule has 0 spiro atoms. The molecule has 1 heterocycles. The summed E-state index contributed by atoms with van der Waals surface area (Å²) in [5.41, 5.74) is 5.14. The summed E-state index contributed by atoms with van der Waals surface area (Å²) in [6.45, 7) is 0.818. The summed E-state index contributed by atoms with van der Waals surface area (Å²) < 4.78 is 26.4. The van der Waals surface area contributed by atoms with Gasteiger partial charge in [0.25, 0.3) is 10.2 Å². The summed E-state index contributed by atoms with van der Waals surface area (Å²) in [7, 11) is -3.44. The van der Waals surface area contributed by atoms with Crippen LogP contribution in [-0.4, -0.2) is 55.4 Å². The summed E-state index contributed by atoms with van der Waals surface area (Å²) in [6.07, 6.45) is -0.835. The number of thiol groups is 1. The highest BCUT2D eigenvalue weighted by Gasteiger charge is 2.33. The van der Waals surface area contributed by atoms with Gasteiger partial charge in [-0.25, -0.2) is 0 Å². The summed E-state index contributed by atoms with van der Waals surface area (Å²) in [5.74, 6) is 0. The second-order valence-electron chi connectivity index (χ2n) is 3.21. The first-order valence-electron chi connectivity index (χ1n) is 4.26.